The number of pyridine rings is 1. The third-order valence-corrected chi connectivity index (χ3v) is 3.25. The second-order valence-electron chi connectivity index (χ2n) is 3.63. The van der Waals surface area contributed by atoms with Gasteiger partial charge < -0.3 is 14.6 Å². The van der Waals surface area contributed by atoms with E-state index in [4.69, 9.17) is 14.6 Å². The van der Waals surface area contributed by atoms with E-state index in [1.54, 1.807) is 12.3 Å². The molecule has 1 heterocycles. The monoisotopic (exact) mass is 389 g/mol. The molecule has 7 heteroatoms. The van der Waals surface area contributed by atoms with Crippen molar-refractivity contribution in [3.05, 3.63) is 33.3 Å². The average Bonchev–Trinajstić information content (AvgIpc) is 2.34. The lowest BCUT2D eigenvalue weighted by Gasteiger charge is -2.08. The van der Waals surface area contributed by atoms with Crippen LogP contribution < -0.4 is 4.74 Å². The Kier molecular flexibility index (Phi) is 4.73. The van der Waals surface area contributed by atoms with E-state index in [2.05, 4.69) is 36.8 Å². The van der Waals surface area contributed by atoms with Crippen LogP contribution in [0.3, 0.4) is 0 Å². The molecule has 19 heavy (non-hydrogen) atoms. The van der Waals surface area contributed by atoms with Crippen LogP contribution in [0.1, 0.15) is 0 Å². The van der Waals surface area contributed by atoms with Gasteiger partial charge in [0.25, 0.3) is 0 Å². The molecular weight excluding hydrogens is 382 g/mol. The number of ether oxygens (including phenoxy) is 2. The van der Waals surface area contributed by atoms with Crippen molar-refractivity contribution in [1.29, 1.82) is 0 Å². The molecule has 1 aromatic heterocycles. The lowest BCUT2D eigenvalue weighted by Crippen LogP contribution is -2.11. The number of benzene rings is 1. The third-order valence-electron chi connectivity index (χ3n) is 2.21. The summed E-state index contributed by atoms with van der Waals surface area (Å²) in [5.74, 6) is -0.457. The van der Waals surface area contributed by atoms with E-state index >= 15 is 0 Å². The van der Waals surface area contributed by atoms with Gasteiger partial charge in [0.2, 0.25) is 0 Å². The summed E-state index contributed by atoms with van der Waals surface area (Å²) in [6.07, 6.45) is 1.71. The molecule has 0 atom stereocenters. The molecule has 1 N–H and O–H groups in total. The summed E-state index contributed by atoms with van der Waals surface area (Å²) >= 11 is 6.76. The Morgan fingerprint density at radius 2 is 2.11 bits per heavy atom. The average molecular weight is 391 g/mol. The van der Waals surface area contributed by atoms with Crippen molar-refractivity contribution in [2.75, 3.05) is 13.4 Å². The van der Waals surface area contributed by atoms with Crippen molar-refractivity contribution in [2.24, 2.45) is 0 Å². The van der Waals surface area contributed by atoms with Crippen LogP contribution >= 0.6 is 31.9 Å². The van der Waals surface area contributed by atoms with E-state index in [9.17, 15) is 4.79 Å². The number of rotatable bonds is 5. The molecule has 0 saturated heterocycles. The molecule has 0 aliphatic heterocycles. The van der Waals surface area contributed by atoms with Crippen molar-refractivity contribution in [1.82, 2.24) is 4.98 Å². The number of carboxylic acid groups (broad SMARTS) is 1. The fourth-order valence-electron chi connectivity index (χ4n) is 1.47. The first-order valence-electron chi connectivity index (χ1n) is 5.23. The number of carboxylic acids is 1. The summed E-state index contributed by atoms with van der Waals surface area (Å²) in [7, 11) is 0. The zero-order valence-electron chi connectivity index (χ0n) is 9.60. The number of hydrogen-bond acceptors (Lipinski definition) is 4. The molecular formula is C12H9Br2NO4. The molecule has 0 fully saturated rings. The standard InChI is InChI=1S/C12H9Br2NO4/c13-8-1-7-2-9(19-6-18-5-11(16)17)3-10(14)12(7)15-4-8/h1-4H,5-6H2,(H,16,17). The van der Waals surface area contributed by atoms with E-state index < -0.39 is 5.97 Å². The van der Waals surface area contributed by atoms with Crippen molar-refractivity contribution in [3.8, 4) is 5.75 Å². The predicted octanol–water partition coefficient (Wildman–Crippen LogP) is 3.20. The molecule has 0 spiro atoms. The molecule has 0 unspecified atom stereocenters. The van der Waals surface area contributed by atoms with E-state index in [0.717, 1.165) is 19.8 Å². The number of carbonyl (C=O) groups is 1. The Hall–Kier alpha value is -1.18. The number of hydrogen-bond donors (Lipinski definition) is 1. The largest absolute Gasteiger partial charge is 0.480 e. The summed E-state index contributed by atoms with van der Waals surface area (Å²) in [4.78, 5) is 14.6. The van der Waals surface area contributed by atoms with Gasteiger partial charge in [-0.15, -0.1) is 0 Å². The topological polar surface area (TPSA) is 68.7 Å². The van der Waals surface area contributed by atoms with Gasteiger partial charge in [-0.1, -0.05) is 0 Å². The summed E-state index contributed by atoms with van der Waals surface area (Å²) in [5.41, 5.74) is 0.821. The lowest BCUT2D eigenvalue weighted by atomic mass is 10.2. The number of fused-ring (bicyclic) bond motifs is 1. The minimum Gasteiger partial charge on any atom is -0.480 e. The predicted molar refractivity (Wildman–Crippen MR) is 76.2 cm³/mol. The maximum atomic E-state index is 10.3. The highest BCUT2D eigenvalue weighted by molar-refractivity contribution is 9.11. The highest BCUT2D eigenvalue weighted by atomic mass is 79.9. The van der Waals surface area contributed by atoms with Crippen molar-refractivity contribution in [3.63, 3.8) is 0 Å². The Morgan fingerprint density at radius 1 is 1.32 bits per heavy atom. The molecule has 0 bridgehead atoms. The fourth-order valence-corrected chi connectivity index (χ4v) is 2.38. The molecule has 2 rings (SSSR count). The van der Waals surface area contributed by atoms with Crippen molar-refractivity contribution in [2.45, 2.75) is 0 Å². The van der Waals surface area contributed by atoms with Crippen LogP contribution in [0.5, 0.6) is 5.75 Å². The molecule has 0 aliphatic rings. The Morgan fingerprint density at radius 3 is 2.84 bits per heavy atom. The summed E-state index contributed by atoms with van der Waals surface area (Å²) in [5, 5.41) is 9.33. The molecule has 0 radical (unpaired) electrons. The van der Waals surface area contributed by atoms with Crippen LogP contribution in [0, 0.1) is 0 Å². The molecule has 0 amide bonds. The van der Waals surface area contributed by atoms with Gasteiger partial charge in [0.05, 0.1) is 5.52 Å². The lowest BCUT2D eigenvalue weighted by molar-refractivity contribution is -0.144. The van der Waals surface area contributed by atoms with Crippen LogP contribution in [-0.2, 0) is 9.53 Å². The highest BCUT2D eigenvalue weighted by Gasteiger charge is 2.05. The minimum absolute atomic E-state index is 0.119. The van der Waals surface area contributed by atoms with E-state index in [-0.39, 0.29) is 13.4 Å². The molecule has 0 saturated carbocycles. The van der Waals surface area contributed by atoms with Crippen LogP contribution in [0.4, 0.5) is 0 Å². The minimum atomic E-state index is -1.03. The van der Waals surface area contributed by atoms with Crippen molar-refractivity contribution < 1.29 is 19.4 Å². The first-order chi connectivity index (χ1) is 9.06. The molecule has 5 nitrogen and oxygen atoms in total. The van der Waals surface area contributed by atoms with Crippen molar-refractivity contribution >= 4 is 48.7 Å². The molecule has 1 aromatic carbocycles. The Labute approximate surface area is 125 Å². The highest BCUT2D eigenvalue weighted by Crippen LogP contribution is 2.29. The first kappa shape index (κ1) is 14.2. The van der Waals surface area contributed by atoms with Crippen LogP contribution in [0.15, 0.2) is 33.3 Å². The van der Waals surface area contributed by atoms with Crippen LogP contribution in [0.25, 0.3) is 10.9 Å². The summed E-state index contributed by atoms with van der Waals surface area (Å²) < 4.78 is 11.8. The second kappa shape index (κ2) is 6.31. The smallest absolute Gasteiger partial charge is 0.329 e. The first-order valence-corrected chi connectivity index (χ1v) is 6.82. The van der Waals surface area contributed by atoms with Gasteiger partial charge in [-0.25, -0.2) is 4.79 Å². The Bertz CT molecular complexity index is 618. The van der Waals surface area contributed by atoms with E-state index in [1.165, 1.54) is 0 Å². The molecule has 0 aliphatic carbocycles. The zero-order chi connectivity index (χ0) is 13.8. The van der Waals surface area contributed by atoms with Crippen LogP contribution in [-0.4, -0.2) is 29.5 Å². The summed E-state index contributed by atoms with van der Waals surface area (Å²) in [6.45, 7) is -0.506. The van der Waals surface area contributed by atoms with Crippen LogP contribution in [0.2, 0.25) is 0 Å². The van der Waals surface area contributed by atoms with Gasteiger partial charge in [-0.2, -0.15) is 0 Å². The number of aliphatic carboxylic acids is 1. The quantitative estimate of drug-likeness (QED) is 0.627. The van der Waals surface area contributed by atoms with Gasteiger partial charge in [-0.05, 0) is 50.1 Å². The number of halogens is 2. The van der Waals surface area contributed by atoms with E-state index in [1.807, 2.05) is 12.1 Å². The second-order valence-corrected chi connectivity index (χ2v) is 5.40. The van der Waals surface area contributed by atoms with Gasteiger partial charge in [0.15, 0.2) is 6.79 Å². The number of nitrogens with zero attached hydrogens (tertiary/aromatic N) is 1. The SMILES string of the molecule is O=C(O)COCOc1cc(Br)c2ncc(Br)cc2c1. The fraction of sp³-hybridized carbons (Fsp3) is 0.167. The molecule has 100 valence electrons. The normalized spacial score (nSPS) is 10.6. The maximum Gasteiger partial charge on any atom is 0.329 e. The van der Waals surface area contributed by atoms with Gasteiger partial charge >= 0.3 is 5.97 Å². The van der Waals surface area contributed by atoms with Gasteiger partial charge in [0, 0.05) is 20.5 Å². The Balaban J connectivity index is 2.13. The number of aromatic nitrogens is 1. The third kappa shape index (κ3) is 3.89. The van der Waals surface area contributed by atoms with Gasteiger partial charge in [-0.3, -0.25) is 4.98 Å². The maximum absolute atomic E-state index is 10.3. The summed E-state index contributed by atoms with van der Waals surface area (Å²) in [6, 6.07) is 5.48. The molecule has 2 aromatic rings. The van der Waals surface area contributed by atoms with Gasteiger partial charge in [0.1, 0.15) is 12.4 Å². The zero-order valence-corrected chi connectivity index (χ0v) is 12.8. The van der Waals surface area contributed by atoms with E-state index in [0.29, 0.717) is 5.75 Å².